The van der Waals surface area contributed by atoms with Crippen LogP contribution >= 0.6 is 11.6 Å². The van der Waals surface area contributed by atoms with Gasteiger partial charge in [-0.05, 0) is 76.4 Å². The summed E-state index contributed by atoms with van der Waals surface area (Å²) in [6, 6.07) is 6.07. The molecule has 0 unspecified atom stereocenters. The number of amides is 3. The molecule has 1 atom stereocenters. The highest BCUT2D eigenvalue weighted by molar-refractivity contribution is 6.32. The van der Waals surface area contributed by atoms with E-state index in [-0.39, 0.29) is 54.2 Å². The summed E-state index contributed by atoms with van der Waals surface area (Å²) >= 11 is 6.55. The molecule has 0 spiro atoms. The van der Waals surface area contributed by atoms with Crippen molar-refractivity contribution in [2.24, 2.45) is 0 Å². The molecule has 0 fully saturated rings. The molecule has 1 aliphatic heterocycles. The van der Waals surface area contributed by atoms with Crippen LogP contribution in [0.2, 0.25) is 5.15 Å². The second-order valence-electron chi connectivity index (χ2n) is 11.2. The lowest BCUT2D eigenvalue weighted by Gasteiger charge is -2.19. The topological polar surface area (TPSA) is 134 Å². The SMILES string of the molecule is Cc1cc(F)c(C(=O)N[C@H]2C/C=C\CCC(=O)Nc3cc(NC(=O)OCCOC(C)(C)C)ccc3-c3nc2[nH]c3Cl)c(F)c1. The van der Waals surface area contributed by atoms with Crippen molar-refractivity contribution in [2.75, 3.05) is 23.8 Å². The van der Waals surface area contributed by atoms with Crippen LogP contribution in [0, 0.1) is 18.6 Å². The maximum atomic E-state index is 14.5. The normalized spacial score (nSPS) is 16.0. The molecule has 10 nitrogen and oxygen atoms in total. The Kier molecular flexibility index (Phi) is 10.4. The molecule has 2 heterocycles. The quantitative estimate of drug-likeness (QED) is 0.174. The van der Waals surface area contributed by atoms with Gasteiger partial charge in [0.1, 0.15) is 40.5 Å². The fraction of sp³-hybridized carbons (Fsp3) is 0.355. The number of allylic oxidation sites excluding steroid dienone is 1. The van der Waals surface area contributed by atoms with E-state index in [1.807, 2.05) is 20.8 Å². The molecule has 3 amide bonds. The molecule has 1 aliphatic rings. The summed E-state index contributed by atoms with van der Waals surface area (Å²) in [5.74, 6) is -2.99. The number of ether oxygens (including phenoxy) is 2. The molecule has 2 bridgehead atoms. The Morgan fingerprint density at radius 2 is 1.84 bits per heavy atom. The lowest BCUT2D eigenvalue weighted by atomic mass is 10.1. The number of aromatic amines is 1. The number of carbonyl (C=O) groups is 3. The van der Waals surface area contributed by atoms with E-state index in [0.29, 0.717) is 28.9 Å². The molecule has 0 saturated carbocycles. The monoisotopic (exact) mass is 629 g/mol. The molecule has 4 N–H and O–H groups in total. The smallest absolute Gasteiger partial charge is 0.411 e. The Hall–Kier alpha value is -4.29. The number of nitrogens with one attached hydrogen (secondary N) is 4. The van der Waals surface area contributed by atoms with Crippen LogP contribution in [-0.2, 0) is 14.3 Å². The number of hydrogen-bond acceptors (Lipinski definition) is 6. The van der Waals surface area contributed by atoms with Crippen molar-refractivity contribution >= 4 is 40.9 Å². The first-order chi connectivity index (χ1) is 20.8. The number of rotatable bonds is 6. The van der Waals surface area contributed by atoms with Gasteiger partial charge in [-0.25, -0.2) is 18.6 Å². The van der Waals surface area contributed by atoms with Crippen molar-refractivity contribution in [3.05, 3.63) is 76.2 Å². The first kappa shape index (κ1) is 32.6. The van der Waals surface area contributed by atoms with Gasteiger partial charge in [0.15, 0.2) is 0 Å². The van der Waals surface area contributed by atoms with E-state index in [0.717, 1.165) is 12.1 Å². The van der Waals surface area contributed by atoms with Gasteiger partial charge in [0.25, 0.3) is 5.91 Å². The Bertz CT molecular complexity index is 1560. The molecule has 2 aromatic carbocycles. The van der Waals surface area contributed by atoms with Crippen LogP contribution in [0.25, 0.3) is 11.3 Å². The number of benzene rings is 2. The van der Waals surface area contributed by atoms with Gasteiger partial charge in [0.05, 0.1) is 23.9 Å². The van der Waals surface area contributed by atoms with Gasteiger partial charge >= 0.3 is 6.09 Å². The number of halogens is 3. The molecule has 0 radical (unpaired) electrons. The number of hydrogen-bond donors (Lipinski definition) is 4. The Labute approximate surface area is 258 Å². The Morgan fingerprint density at radius 1 is 1.11 bits per heavy atom. The van der Waals surface area contributed by atoms with Gasteiger partial charge in [0, 0.05) is 17.7 Å². The summed E-state index contributed by atoms with van der Waals surface area (Å²) in [6.45, 7) is 7.47. The third-order valence-corrected chi connectivity index (χ3v) is 6.72. The predicted octanol–water partition coefficient (Wildman–Crippen LogP) is 6.83. The average Bonchev–Trinajstić information content (AvgIpc) is 3.30. The summed E-state index contributed by atoms with van der Waals surface area (Å²) in [6.07, 6.45) is 3.51. The van der Waals surface area contributed by atoms with Crippen molar-refractivity contribution in [1.82, 2.24) is 15.3 Å². The van der Waals surface area contributed by atoms with Crippen molar-refractivity contribution in [2.45, 2.75) is 58.6 Å². The van der Waals surface area contributed by atoms with Gasteiger partial charge in [-0.1, -0.05) is 23.8 Å². The average molecular weight is 630 g/mol. The zero-order chi connectivity index (χ0) is 32.0. The van der Waals surface area contributed by atoms with Crippen LogP contribution in [0.4, 0.5) is 25.0 Å². The number of anilines is 2. The minimum Gasteiger partial charge on any atom is -0.447 e. The molecule has 0 aliphatic carbocycles. The minimum atomic E-state index is -0.983. The van der Waals surface area contributed by atoms with Crippen molar-refractivity contribution in [3.63, 3.8) is 0 Å². The van der Waals surface area contributed by atoms with E-state index in [1.54, 1.807) is 30.4 Å². The molecule has 13 heteroatoms. The number of carbonyl (C=O) groups excluding carboxylic acids is 3. The van der Waals surface area contributed by atoms with Crippen molar-refractivity contribution in [3.8, 4) is 11.3 Å². The highest BCUT2D eigenvalue weighted by Gasteiger charge is 2.26. The zero-order valence-electron chi connectivity index (χ0n) is 24.8. The summed E-state index contributed by atoms with van der Waals surface area (Å²) in [4.78, 5) is 45.6. The van der Waals surface area contributed by atoms with Crippen LogP contribution < -0.4 is 16.0 Å². The van der Waals surface area contributed by atoms with Crippen LogP contribution in [0.1, 0.15) is 67.8 Å². The van der Waals surface area contributed by atoms with E-state index in [2.05, 4.69) is 25.9 Å². The molecular weight excluding hydrogens is 596 g/mol. The second kappa shape index (κ2) is 14.0. The third kappa shape index (κ3) is 8.64. The predicted molar refractivity (Wildman–Crippen MR) is 163 cm³/mol. The fourth-order valence-electron chi connectivity index (χ4n) is 4.44. The highest BCUT2D eigenvalue weighted by atomic mass is 35.5. The van der Waals surface area contributed by atoms with E-state index in [1.165, 1.54) is 6.92 Å². The Balaban J connectivity index is 1.60. The summed E-state index contributed by atoms with van der Waals surface area (Å²) < 4.78 is 39.8. The summed E-state index contributed by atoms with van der Waals surface area (Å²) in [5.41, 5.74) is 0.601. The molecule has 4 rings (SSSR count). The zero-order valence-corrected chi connectivity index (χ0v) is 25.5. The number of aryl methyl sites for hydroxylation is 1. The standard InChI is InChI=1S/C31H34ClF2N5O5/c1-17-14-20(33)25(21(34)15-17)29(41)37-22-8-6-5-7-9-24(40)36-23-16-18(35-30(42)43-12-13-44-31(2,3)4)10-11-19(23)26-27(32)39-28(22)38-26/h5-6,10-11,14-16,22H,7-9,12-13H2,1-4H3,(H,35,42)(H,36,40)(H,37,41)(H,38,39)/b6-5-/t22-/m0/s1. The maximum absolute atomic E-state index is 14.5. The van der Waals surface area contributed by atoms with E-state index >= 15 is 0 Å². The molecular formula is C31H34ClF2N5O5. The Morgan fingerprint density at radius 3 is 2.55 bits per heavy atom. The van der Waals surface area contributed by atoms with Gasteiger partial charge in [-0.15, -0.1) is 0 Å². The number of nitrogens with zero attached hydrogens (tertiary/aromatic N) is 1. The molecule has 44 heavy (non-hydrogen) atoms. The highest BCUT2D eigenvalue weighted by Crippen LogP contribution is 2.36. The molecule has 1 aromatic heterocycles. The molecule has 234 valence electrons. The van der Waals surface area contributed by atoms with Gasteiger partial charge in [-0.2, -0.15) is 0 Å². The molecule has 3 aromatic rings. The summed E-state index contributed by atoms with van der Waals surface area (Å²) in [5, 5.41) is 8.20. The fourth-order valence-corrected chi connectivity index (χ4v) is 4.68. The van der Waals surface area contributed by atoms with E-state index < -0.39 is 35.2 Å². The third-order valence-electron chi connectivity index (χ3n) is 6.45. The largest absolute Gasteiger partial charge is 0.447 e. The van der Waals surface area contributed by atoms with E-state index in [4.69, 9.17) is 21.1 Å². The second-order valence-corrected chi connectivity index (χ2v) is 11.6. The van der Waals surface area contributed by atoms with Crippen LogP contribution in [-0.4, -0.2) is 46.7 Å². The van der Waals surface area contributed by atoms with Gasteiger partial charge in [-0.3, -0.25) is 14.9 Å². The number of H-pyrrole nitrogens is 1. The van der Waals surface area contributed by atoms with Crippen LogP contribution in [0.15, 0.2) is 42.5 Å². The first-order valence-corrected chi connectivity index (χ1v) is 14.4. The lowest BCUT2D eigenvalue weighted by molar-refractivity contribution is -0.116. The minimum absolute atomic E-state index is 0.0465. The maximum Gasteiger partial charge on any atom is 0.411 e. The number of aromatic nitrogens is 2. The van der Waals surface area contributed by atoms with Crippen LogP contribution in [0.3, 0.4) is 0 Å². The summed E-state index contributed by atoms with van der Waals surface area (Å²) in [7, 11) is 0. The number of fused-ring (bicyclic) bond motifs is 4. The molecule has 0 saturated heterocycles. The number of imidazole rings is 1. The van der Waals surface area contributed by atoms with E-state index in [9.17, 15) is 23.2 Å². The van der Waals surface area contributed by atoms with Gasteiger partial charge < -0.3 is 25.1 Å². The van der Waals surface area contributed by atoms with Gasteiger partial charge in [0.2, 0.25) is 5.91 Å². The van der Waals surface area contributed by atoms with Crippen LogP contribution in [0.5, 0.6) is 0 Å². The van der Waals surface area contributed by atoms with Crippen molar-refractivity contribution in [1.29, 1.82) is 0 Å². The first-order valence-electron chi connectivity index (χ1n) is 14.0. The van der Waals surface area contributed by atoms with Crippen molar-refractivity contribution < 1.29 is 32.6 Å². The lowest BCUT2D eigenvalue weighted by Crippen LogP contribution is -2.30.